The van der Waals surface area contributed by atoms with Gasteiger partial charge in [0, 0.05) is 6.04 Å². The smallest absolute Gasteiger partial charge is 0.237 e. The Bertz CT molecular complexity index is 168. The maximum absolute atomic E-state index is 11.3. The van der Waals surface area contributed by atoms with Crippen LogP contribution in [0.15, 0.2) is 0 Å². The van der Waals surface area contributed by atoms with Crippen molar-refractivity contribution in [1.82, 2.24) is 10.2 Å². The molecule has 1 atom stereocenters. The zero-order valence-corrected chi connectivity index (χ0v) is 8.13. The monoisotopic (exact) mass is 170 g/mol. The third kappa shape index (κ3) is 1.78. The summed E-state index contributed by atoms with van der Waals surface area (Å²) in [6.07, 6.45) is 1.05. The second-order valence-electron chi connectivity index (χ2n) is 3.67. The first kappa shape index (κ1) is 9.52. The molecule has 1 aliphatic heterocycles. The molecule has 0 saturated carbocycles. The minimum absolute atomic E-state index is 0.246. The molecule has 0 aromatic rings. The lowest BCUT2D eigenvalue weighted by molar-refractivity contribution is -0.129. The van der Waals surface area contributed by atoms with E-state index in [4.69, 9.17) is 0 Å². The highest BCUT2D eigenvalue weighted by molar-refractivity contribution is 5.80. The van der Waals surface area contributed by atoms with Gasteiger partial charge in [0.15, 0.2) is 0 Å². The molecule has 0 aliphatic carbocycles. The van der Waals surface area contributed by atoms with Gasteiger partial charge in [0.2, 0.25) is 5.91 Å². The highest BCUT2D eigenvalue weighted by atomic mass is 16.2. The second-order valence-corrected chi connectivity index (χ2v) is 3.67. The molecular weight excluding hydrogens is 152 g/mol. The van der Waals surface area contributed by atoms with Gasteiger partial charge in [-0.25, -0.2) is 0 Å². The van der Waals surface area contributed by atoms with Crippen LogP contribution in [0, 0.1) is 5.92 Å². The Morgan fingerprint density at radius 1 is 1.58 bits per heavy atom. The fourth-order valence-corrected chi connectivity index (χ4v) is 1.83. The molecule has 1 aliphatic rings. The molecule has 1 unspecified atom stereocenters. The van der Waals surface area contributed by atoms with Crippen LogP contribution in [0.25, 0.3) is 0 Å². The van der Waals surface area contributed by atoms with Gasteiger partial charge in [-0.05, 0) is 12.3 Å². The predicted molar refractivity (Wildman–Crippen MR) is 48.6 cm³/mol. The van der Waals surface area contributed by atoms with E-state index in [1.807, 2.05) is 4.90 Å². The van der Waals surface area contributed by atoms with Crippen LogP contribution >= 0.6 is 0 Å². The molecule has 3 nitrogen and oxygen atoms in total. The number of nitrogens with zero attached hydrogens (tertiary/aromatic N) is 1. The summed E-state index contributed by atoms with van der Waals surface area (Å²) >= 11 is 0. The van der Waals surface area contributed by atoms with Crippen molar-refractivity contribution in [2.24, 2.45) is 5.92 Å². The fraction of sp³-hybridized carbons (Fsp3) is 0.889. The number of rotatable bonds is 3. The van der Waals surface area contributed by atoms with Crippen LogP contribution in [-0.4, -0.2) is 30.1 Å². The van der Waals surface area contributed by atoms with Crippen LogP contribution in [0.5, 0.6) is 0 Å². The summed E-state index contributed by atoms with van der Waals surface area (Å²) in [7, 11) is 0. The average Bonchev–Trinajstić information content (AvgIpc) is 2.38. The van der Waals surface area contributed by atoms with Crippen LogP contribution < -0.4 is 5.32 Å². The maximum atomic E-state index is 11.3. The van der Waals surface area contributed by atoms with Crippen molar-refractivity contribution < 1.29 is 4.79 Å². The molecule has 12 heavy (non-hydrogen) atoms. The number of carbonyl (C=O) groups is 1. The van der Waals surface area contributed by atoms with E-state index in [0.29, 0.717) is 18.5 Å². The first-order chi connectivity index (χ1) is 5.66. The lowest BCUT2D eigenvalue weighted by atomic mass is 10.0. The van der Waals surface area contributed by atoms with Crippen molar-refractivity contribution >= 4 is 5.91 Å². The van der Waals surface area contributed by atoms with Crippen molar-refractivity contribution in [3.8, 4) is 0 Å². The van der Waals surface area contributed by atoms with Gasteiger partial charge in [0.1, 0.15) is 0 Å². The molecule has 1 N–H and O–H groups in total. The standard InChI is InChI=1S/C9H18N2O/c1-4-8(7(2)3)11-6-10-5-9(11)12/h7-8,10H,4-6H2,1-3H3. The van der Waals surface area contributed by atoms with E-state index >= 15 is 0 Å². The van der Waals surface area contributed by atoms with Gasteiger partial charge in [0.05, 0.1) is 13.2 Å². The van der Waals surface area contributed by atoms with Crippen LogP contribution in [-0.2, 0) is 4.79 Å². The van der Waals surface area contributed by atoms with E-state index in [1.165, 1.54) is 0 Å². The van der Waals surface area contributed by atoms with Crippen molar-refractivity contribution in [2.45, 2.75) is 33.2 Å². The third-order valence-corrected chi connectivity index (χ3v) is 2.47. The largest absolute Gasteiger partial charge is 0.326 e. The number of carbonyl (C=O) groups excluding carboxylic acids is 1. The predicted octanol–water partition coefficient (Wildman–Crippen LogP) is 0.810. The van der Waals surface area contributed by atoms with Gasteiger partial charge in [0.25, 0.3) is 0 Å². The first-order valence-corrected chi connectivity index (χ1v) is 4.67. The van der Waals surface area contributed by atoms with Gasteiger partial charge in [-0.1, -0.05) is 20.8 Å². The molecule has 0 aromatic heterocycles. The van der Waals surface area contributed by atoms with Crippen molar-refractivity contribution in [3.05, 3.63) is 0 Å². The van der Waals surface area contributed by atoms with Gasteiger partial charge in [-0.2, -0.15) is 0 Å². The Kier molecular flexibility index (Phi) is 3.09. The molecule has 1 amide bonds. The number of amides is 1. The van der Waals surface area contributed by atoms with Gasteiger partial charge >= 0.3 is 0 Å². The minimum Gasteiger partial charge on any atom is -0.326 e. The van der Waals surface area contributed by atoms with Crippen LogP contribution in [0.1, 0.15) is 27.2 Å². The molecule has 1 saturated heterocycles. The van der Waals surface area contributed by atoms with Crippen LogP contribution in [0.4, 0.5) is 0 Å². The molecular formula is C9H18N2O. The van der Waals surface area contributed by atoms with E-state index in [2.05, 4.69) is 26.1 Å². The van der Waals surface area contributed by atoms with Crippen molar-refractivity contribution in [1.29, 1.82) is 0 Å². The van der Waals surface area contributed by atoms with Crippen molar-refractivity contribution in [3.63, 3.8) is 0 Å². The van der Waals surface area contributed by atoms with Gasteiger partial charge < -0.3 is 4.90 Å². The Hall–Kier alpha value is -0.570. The molecule has 70 valence electrons. The summed E-state index contributed by atoms with van der Waals surface area (Å²) in [5.41, 5.74) is 0. The van der Waals surface area contributed by atoms with Crippen LogP contribution in [0.3, 0.4) is 0 Å². The number of hydrogen-bond acceptors (Lipinski definition) is 2. The summed E-state index contributed by atoms with van der Waals surface area (Å²) in [5, 5.41) is 3.07. The van der Waals surface area contributed by atoms with E-state index < -0.39 is 0 Å². The van der Waals surface area contributed by atoms with E-state index in [1.54, 1.807) is 0 Å². The lowest BCUT2D eigenvalue weighted by Gasteiger charge is -2.29. The zero-order chi connectivity index (χ0) is 9.14. The average molecular weight is 170 g/mol. The molecule has 0 radical (unpaired) electrons. The topological polar surface area (TPSA) is 32.3 Å². The molecule has 1 heterocycles. The van der Waals surface area contributed by atoms with Crippen LogP contribution in [0.2, 0.25) is 0 Å². The fourth-order valence-electron chi connectivity index (χ4n) is 1.83. The molecule has 0 bridgehead atoms. The molecule has 3 heteroatoms. The van der Waals surface area contributed by atoms with E-state index in [0.717, 1.165) is 13.1 Å². The minimum atomic E-state index is 0.246. The third-order valence-electron chi connectivity index (χ3n) is 2.47. The summed E-state index contributed by atoms with van der Waals surface area (Å²) in [6.45, 7) is 7.72. The molecule has 0 aromatic carbocycles. The molecule has 0 spiro atoms. The van der Waals surface area contributed by atoms with Crippen molar-refractivity contribution in [2.75, 3.05) is 13.2 Å². The lowest BCUT2D eigenvalue weighted by Crippen LogP contribution is -2.40. The number of nitrogens with one attached hydrogen (secondary N) is 1. The molecule has 1 fully saturated rings. The zero-order valence-electron chi connectivity index (χ0n) is 8.13. The summed E-state index contributed by atoms with van der Waals surface area (Å²) < 4.78 is 0. The number of hydrogen-bond donors (Lipinski definition) is 1. The normalized spacial score (nSPS) is 20.7. The Balaban J connectivity index is 2.58. The Morgan fingerprint density at radius 3 is 2.58 bits per heavy atom. The maximum Gasteiger partial charge on any atom is 0.237 e. The van der Waals surface area contributed by atoms with E-state index in [9.17, 15) is 4.79 Å². The Labute approximate surface area is 74.1 Å². The molecule has 1 rings (SSSR count). The SMILES string of the molecule is CCC(C(C)C)N1CNCC1=O. The Morgan fingerprint density at radius 2 is 2.25 bits per heavy atom. The highest BCUT2D eigenvalue weighted by Crippen LogP contribution is 2.15. The first-order valence-electron chi connectivity index (χ1n) is 4.67. The van der Waals surface area contributed by atoms with E-state index in [-0.39, 0.29) is 5.91 Å². The second kappa shape index (κ2) is 3.90. The quantitative estimate of drug-likeness (QED) is 0.680. The highest BCUT2D eigenvalue weighted by Gasteiger charge is 2.27. The summed E-state index contributed by atoms with van der Waals surface area (Å²) in [6, 6.07) is 0.410. The van der Waals surface area contributed by atoms with Gasteiger partial charge in [-0.3, -0.25) is 10.1 Å². The van der Waals surface area contributed by atoms with Gasteiger partial charge in [-0.15, -0.1) is 0 Å². The summed E-state index contributed by atoms with van der Waals surface area (Å²) in [4.78, 5) is 13.3. The summed E-state index contributed by atoms with van der Waals surface area (Å²) in [5.74, 6) is 0.800.